The molecule has 2 aromatic rings. The van der Waals surface area contributed by atoms with Crippen LogP contribution in [0.15, 0.2) is 30.7 Å². The van der Waals surface area contributed by atoms with Gasteiger partial charge in [-0.15, -0.1) is 0 Å². The van der Waals surface area contributed by atoms with E-state index in [0.717, 1.165) is 56.4 Å². The Bertz CT molecular complexity index is 845. The van der Waals surface area contributed by atoms with Gasteiger partial charge in [-0.1, -0.05) is 26.2 Å². The van der Waals surface area contributed by atoms with E-state index in [-0.39, 0.29) is 24.9 Å². The Balaban J connectivity index is 1.55. The molecule has 32 heavy (non-hydrogen) atoms. The fourth-order valence-electron chi connectivity index (χ4n) is 3.33. The predicted molar refractivity (Wildman–Crippen MR) is 103 cm³/mol. The van der Waals surface area contributed by atoms with Crippen LogP contribution in [0.3, 0.4) is 0 Å². The first kappa shape index (κ1) is 24.1. The summed E-state index contributed by atoms with van der Waals surface area (Å²) in [6, 6.07) is 1.75. The lowest BCUT2D eigenvalue weighted by Gasteiger charge is -2.33. The number of ether oxygens (including phenoxy) is 3. The van der Waals surface area contributed by atoms with Gasteiger partial charge in [0.25, 0.3) is 0 Å². The molecule has 3 rings (SSSR count). The van der Waals surface area contributed by atoms with Crippen molar-refractivity contribution in [1.82, 2.24) is 15.0 Å². The Morgan fingerprint density at radius 3 is 2.28 bits per heavy atom. The molecular weight excluding hydrogens is 437 g/mol. The maximum Gasteiger partial charge on any atom is 0.444 e. The zero-order valence-electron chi connectivity index (χ0n) is 17.4. The Morgan fingerprint density at radius 1 is 0.969 bits per heavy atom. The number of aromatic nitrogens is 3. The van der Waals surface area contributed by atoms with Gasteiger partial charge in [-0.05, 0) is 31.4 Å². The van der Waals surface area contributed by atoms with E-state index >= 15 is 0 Å². The quantitative estimate of drug-likeness (QED) is 0.265. The van der Waals surface area contributed by atoms with Gasteiger partial charge >= 0.3 is 18.3 Å². The van der Waals surface area contributed by atoms with E-state index in [1.165, 1.54) is 0 Å². The van der Waals surface area contributed by atoms with Gasteiger partial charge in [-0.3, -0.25) is 0 Å². The third-order valence-electron chi connectivity index (χ3n) is 5.11. The van der Waals surface area contributed by atoms with Crippen molar-refractivity contribution in [3.05, 3.63) is 42.5 Å². The average Bonchev–Trinajstić information content (AvgIpc) is 2.76. The second-order valence-electron chi connectivity index (χ2n) is 7.58. The molecule has 0 saturated carbocycles. The van der Waals surface area contributed by atoms with Crippen LogP contribution in [0, 0.1) is 12.0 Å². The number of hydrogen-bond acceptors (Lipinski definition) is 6. The lowest BCUT2D eigenvalue weighted by molar-refractivity contribution is -0.241. The summed E-state index contributed by atoms with van der Waals surface area (Å²) in [5, 5.41) is 0. The lowest BCUT2D eigenvalue weighted by atomic mass is 9.95. The minimum atomic E-state index is -3.92. The first-order valence-electron chi connectivity index (χ1n) is 10.4. The summed E-state index contributed by atoms with van der Waals surface area (Å²) in [5.41, 5.74) is -0.853. The number of pyridine rings is 1. The first-order valence-corrected chi connectivity index (χ1v) is 10.4. The summed E-state index contributed by atoms with van der Waals surface area (Å²) in [5.74, 6) is -2.01. The van der Waals surface area contributed by atoms with E-state index < -0.39 is 35.7 Å². The van der Waals surface area contributed by atoms with Gasteiger partial charge in [0.1, 0.15) is 5.75 Å². The highest BCUT2D eigenvalue weighted by molar-refractivity contribution is 5.23. The average molecular weight is 461 g/mol. The third kappa shape index (κ3) is 6.47. The van der Waals surface area contributed by atoms with Crippen LogP contribution in [0.25, 0.3) is 0 Å². The van der Waals surface area contributed by atoms with Crippen molar-refractivity contribution in [2.45, 2.75) is 63.8 Å². The summed E-state index contributed by atoms with van der Waals surface area (Å²) < 4.78 is 84.9. The van der Waals surface area contributed by atoms with Crippen molar-refractivity contribution in [2.75, 3.05) is 6.61 Å². The molecule has 0 N–H and O–H groups in total. The fraction of sp³-hybridized carbons (Fsp3) is 0.571. The Morgan fingerprint density at radius 2 is 1.69 bits per heavy atom. The van der Waals surface area contributed by atoms with Crippen LogP contribution in [0.4, 0.5) is 22.0 Å². The van der Waals surface area contributed by atoms with Crippen molar-refractivity contribution in [1.29, 1.82) is 0 Å². The molecule has 0 bridgehead atoms. The van der Waals surface area contributed by atoms with Crippen LogP contribution in [-0.2, 0) is 10.8 Å². The molecule has 1 aliphatic rings. The van der Waals surface area contributed by atoms with Crippen LogP contribution >= 0.6 is 0 Å². The number of halogens is 5. The summed E-state index contributed by atoms with van der Waals surface area (Å²) in [6.45, 7) is 1.95. The molecule has 1 fully saturated rings. The van der Waals surface area contributed by atoms with Gasteiger partial charge in [0.2, 0.25) is 0 Å². The van der Waals surface area contributed by atoms with Crippen molar-refractivity contribution in [3.63, 3.8) is 0 Å². The van der Waals surface area contributed by atoms with Crippen molar-refractivity contribution in [3.8, 4) is 11.5 Å². The minimum Gasteiger partial charge on any atom is -0.431 e. The van der Waals surface area contributed by atoms with Crippen molar-refractivity contribution >= 4 is 0 Å². The first-order chi connectivity index (χ1) is 15.2. The molecule has 2 aromatic heterocycles. The Kier molecular flexibility index (Phi) is 7.81. The molecule has 0 amide bonds. The van der Waals surface area contributed by atoms with Crippen LogP contribution in [0.2, 0.25) is 0 Å². The number of rotatable bonds is 10. The molecule has 6 nitrogen and oxygen atoms in total. The van der Waals surface area contributed by atoms with Gasteiger partial charge in [-0.2, -0.15) is 22.0 Å². The highest BCUT2D eigenvalue weighted by atomic mass is 19.3. The number of hydrogen-bond donors (Lipinski definition) is 0. The van der Waals surface area contributed by atoms with Gasteiger partial charge < -0.3 is 14.2 Å². The third-order valence-corrected chi connectivity index (χ3v) is 5.11. The molecule has 0 radical (unpaired) electrons. The maximum absolute atomic E-state index is 14.5. The molecule has 3 heterocycles. The minimum absolute atomic E-state index is 0.0247. The van der Waals surface area contributed by atoms with E-state index in [0.29, 0.717) is 6.42 Å². The van der Waals surface area contributed by atoms with Crippen LogP contribution in [0.1, 0.15) is 51.1 Å². The second-order valence-corrected chi connectivity index (χ2v) is 7.58. The molecule has 2 unspecified atom stereocenters. The molecule has 0 spiro atoms. The van der Waals surface area contributed by atoms with E-state index in [1.54, 1.807) is 0 Å². The molecule has 1 aliphatic heterocycles. The SMILES string of the molecule is CCCCCC1CCC(C(F)(F)Oc2ccc(C(F)(F)Oc3cnc(F)nc3)nc2)CO1. The number of alkyl halides is 4. The number of unbranched alkanes of at least 4 members (excludes halogenated alkanes) is 2. The lowest BCUT2D eigenvalue weighted by Crippen LogP contribution is -2.41. The highest BCUT2D eigenvalue weighted by Gasteiger charge is 2.45. The molecule has 11 heteroatoms. The summed E-state index contributed by atoms with van der Waals surface area (Å²) >= 11 is 0. The van der Waals surface area contributed by atoms with Gasteiger partial charge in [-0.25, -0.2) is 15.0 Å². The van der Waals surface area contributed by atoms with Crippen LogP contribution < -0.4 is 9.47 Å². The molecule has 176 valence electrons. The van der Waals surface area contributed by atoms with Gasteiger partial charge in [0.05, 0.1) is 37.2 Å². The van der Waals surface area contributed by atoms with Crippen molar-refractivity contribution in [2.24, 2.45) is 5.92 Å². The molecule has 2 atom stereocenters. The summed E-state index contributed by atoms with van der Waals surface area (Å²) in [7, 11) is 0. The van der Waals surface area contributed by atoms with Crippen LogP contribution in [0.5, 0.6) is 11.5 Å². The summed E-state index contributed by atoms with van der Waals surface area (Å²) in [4.78, 5) is 9.69. The zero-order chi connectivity index (χ0) is 23.2. The second kappa shape index (κ2) is 10.4. The molecule has 0 aromatic carbocycles. The summed E-state index contributed by atoms with van der Waals surface area (Å²) in [6.07, 6.45) is -1.61. The van der Waals surface area contributed by atoms with Crippen LogP contribution in [-0.4, -0.2) is 33.8 Å². The molecule has 0 aliphatic carbocycles. The smallest absolute Gasteiger partial charge is 0.431 e. The van der Waals surface area contributed by atoms with Crippen molar-refractivity contribution < 1.29 is 36.2 Å². The van der Waals surface area contributed by atoms with E-state index in [9.17, 15) is 22.0 Å². The molecule has 1 saturated heterocycles. The van der Waals surface area contributed by atoms with E-state index in [4.69, 9.17) is 9.47 Å². The van der Waals surface area contributed by atoms with Gasteiger partial charge in [0, 0.05) is 0 Å². The number of nitrogens with zero attached hydrogens (tertiary/aromatic N) is 3. The fourth-order valence-corrected chi connectivity index (χ4v) is 3.33. The Hall–Kier alpha value is -2.56. The Labute approximate surface area is 182 Å². The molecular formula is C21H24F5N3O3. The monoisotopic (exact) mass is 461 g/mol. The standard InChI is InChI=1S/C21H24F5N3O3/c1-2-3-4-5-15-7-6-14(13-30-15)20(23,24)31-16-8-9-18(27-10-16)21(25,26)32-17-11-28-19(22)29-12-17/h8-12,14-15H,2-7,13H2,1H3. The van der Waals surface area contributed by atoms with E-state index in [1.807, 2.05) is 0 Å². The normalized spacial score (nSPS) is 19.6. The maximum atomic E-state index is 14.5. The topological polar surface area (TPSA) is 66.4 Å². The van der Waals surface area contributed by atoms with Gasteiger partial charge in [0.15, 0.2) is 11.4 Å². The largest absolute Gasteiger partial charge is 0.444 e. The van der Waals surface area contributed by atoms with E-state index in [2.05, 4.69) is 26.6 Å². The zero-order valence-corrected chi connectivity index (χ0v) is 17.4. The highest BCUT2D eigenvalue weighted by Crippen LogP contribution is 2.36. The predicted octanol–water partition coefficient (Wildman–Crippen LogP) is 5.49.